The number of nitrogens with one attached hydrogen (secondary N) is 2. The highest BCUT2D eigenvalue weighted by Gasteiger charge is 2.20. The van der Waals surface area contributed by atoms with Crippen LogP contribution in [0.5, 0.6) is 5.75 Å². The van der Waals surface area contributed by atoms with Crippen LogP contribution in [0.1, 0.15) is 11.6 Å². The van der Waals surface area contributed by atoms with Gasteiger partial charge in [-0.1, -0.05) is 11.6 Å². The average Bonchev–Trinajstić information content (AvgIpc) is 2.86. The maximum absolute atomic E-state index is 12.3. The number of methoxy groups -OCH3 is 1. The summed E-state index contributed by atoms with van der Waals surface area (Å²) >= 11 is 6.04. The molecule has 0 bridgehead atoms. The summed E-state index contributed by atoms with van der Waals surface area (Å²) in [7, 11) is 5.06. The molecule has 21 heavy (non-hydrogen) atoms. The van der Waals surface area contributed by atoms with Crippen molar-refractivity contribution >= 4 is 23.2 Å². The van der Waals surface area contributed by atoms with Crippen molar-refractivity contribution in [2.24, 2.45) is 7.05 Å². The summed E-state index contributed by atoms with van der Waals surface area (Å²) in [4.78, 5) is 12.3. The number of aromatic nitrogens is 2. The number of carbonyl (C=O) groups excluding carboxylic acids is 1. The molecule has 2 N–H and O–H groups in total. The molecule has 6 nitrogen and oxygen atoms in total. The lowest BCUT2D eigenvalue weighted by Gasteiger charge is -2.15. The normalized spacial score (nSPS) is 12.0. The first kappa shape index (κ1) is 15.3. The summed E-state index contributed by atoms with van der Waals surface area (Å²) in [6.07, 6.45) is 3.45. The molecule has 7 heteroatoms. The number of halogens is 1. The van der Waals surface area contributed by atoms with Crippen molar-refractivity contribution in [3.05, 3.63) is 41.2 Å². The molecule has 2 rings (SSSR count). The fourth-order valence-electron chi connectivity index (χ4n) is 2.00. The molecule has 0 spiro atoms. The van der Waals surface area contributed by atoms with E-state index >= 15 is 0 Å². The predicted molar refractivity (Wildman–Crippen MR) is 81.6 cm³/mol. The van der Waals surface area contributed by atoms with Crippen LogP contribution in [-0.2, 0) is 11.8 Å². The van der Waals surface area contributed by atoms with Crippen molar-refractivity contribution in [3.63, 3.8) is 0 Å². The number of aryl methyl sites for hydroxylation is 1. The first-order valence-electron chi connectivity index (χ1n) is 6.35. The number of hydrogen-bond donors (Lipinski definition) is 2. The number of nitrogens with zero attached hydrogens (tertiary/aromatic N) is 2. The molecule has 1 aromatic carbocycles. The topological polar surface area (TPSA) is 68.2 Å². The van der Waals surface area contributed by atoms with E-state index < -0.39 is 6.04 Å². The van der Waals surface area contributed by atoms with Gasteiger partial charge in [0.1, 0.15) is 11.8 Å². The fraction of sp³-hybridized carbons (Fsp3) is 0.286. The summed E-state index contributed by atoms with van der Waals surface area (Å²) in [5, 5.41) is 10.3. The van der Waals surface area contributed by atoms with Crippen LogP contribution in [0.4, 0.5) is 5.69 Å². The van der Waals surface area contributed by atoms with Crippen LogP contribution in [0.3, 0.4) is 0 Å². The molecule has 1 atom stereocenters. The molecule has 0 aliphatic heterocycles. The smallest absolute Gasteiger partial charge is 0.246 e. The van der Waals surface area contributed by atoms with Crippen LogP contribution in [0, 0.1) is 0 Å². The molecule has 0 saturated carbocycles. The van der Waals surface area contributed by atoms with Gasteiger partial charge in [-0.15, -0.1) is 0 Å². The summed E-state index contributed by atoms with van der Waals surface area (Å²) < 4.78 is 6.73. The third kappa shape index (κ3) is 3.53. The van der Waals surface area contributed by atoms with Crippen LogP contribution >= 0.6 is 11.6 Å². The monoisotopic (exact) mass is 308 g/mol. The number of ether oxygens (including phenoxy) is 1. The van der Waals surface area contributed by atoms with E-state index in [2.05, 4.69) is 15.7 Å². The van der Waals surface area contributed by atoms with Crippen molar-refractivity contribution in [3.8, 4) is 5.75 Å². The first-order chi connectivity index (χ1) is 10.0. The highest BCUT2D eigenvalue weighted by molar-refractivity contribution is 6.32. The molecule has 112 valence electrons. The summed E-state index contributed by atoms with van der Waals surface area (Å²) in [5.41, 5.74) is 1.40. The standard InChI is InChI=1S/C14H17ClN4O2/c1-16-13(9-7-17-19(2)8-9)14(20)18-10-4-5-12(21-3)11(15)6-10/h4-8,13,16H,1-3H3,(H,18,20). The van der Waals surface area contributed by atoms with Gasteiger partial charge in [-0.25, -0.2) is 0 Å². The van der Waals surface area contributed by atoms with Crippen molar-refractivity contribution < 1.29 is 9.53 Å². The third-order valence-electron chi connectivity index (χ3n) is 3.03. The minimum Gasteiger partial charge on any atom is -0.495 e. The van der Waals surface area contributed by atoms with Gasteiger partial charge >= 0.3 is 0 Å². The molecule has 1 unspecified atom stereocenters. The number of benzene rings is 1. The number of carbonyl (C=O) groups is 1. The maximum atomic E-state index is 12.3. The molecule has 0 aliphatic rings. The zero-order chi connectivity index (χ0) is 15.4. The van der Waals surface area contributed by atoms with E-state index in [-0.39, 0.29) is 5.91 Å². The second-order valence-electron chi connectivity index (χ2n) is 4.51. The van der Waals surface area contributed by atoms with Gasteiger partial charge in [0.05, 0.1) is 18.3 Å². The van der Waals surface area contributed by atoms with Crippen molar-refractivity contribution in [2.45, 2.75) is 6.04 Å². The van der Waals surface area contributed by atoms with E-state index in [9.17, 15) is 4.79 Å². The largest absolute Gasteiger partial charge is 0.495 e. The van der Waals surface area contributed by atoms with Gasteiger partial charge in [-0.2, -0.15) is 5.10 Å². The molecule has 0 aliphatic carbocycles. The Labute approximate surface area is 128 Å². The van der Waals surface area contributed by atoms with Crippen LogP contribution in [0.2, 0.25) is 5.02 Å². The van der Waals surface area contributed by atoms with E-state index in [1.54, 1.807) is 56.5 Å². The van der Waals surface area contributed by atoms with E-state index in [1.165, 1.54) is 0 Å². The van der Waals surface area contributed by atoms with E-state index in [4.69, 9.17) is 16.3 Å². The Hall–Kier alpha value is -2.05. The van der Waals surface area contributed by atoms with E-state index in [1.807, 2.05) is 0 Å². The number of rotatable bonds is 5. The second-order valence-corrected chi connectivity index (χ2v) is 4.91. The minimum atomic E-state index is -0.487. The minimum absolute atomic E-state index is 0.188. The maximum Gasteiger partial charge on any atom is 0.246 e. The van der Waals surface area contributed by atoms with Gasteiger partial charge in [0.15, 0.2) is 0 Å². The van der Waals surface area contributed by atoms with Gasteiger partial charge in [0.25, 0.3) is 0 Å². The third-order valence-corrected chi connectivity index (χ3v) is 3.32. The SMILES string of the molecule is CNC(C(=O)Nc1ccc(OC)c(Cl)c1)c1cnn(C)c1. The molecule has 1 heterocycles. The van der Waals surface area contributed by atoms with Crippen molar-refractivity contribution in [1.82, 2.24) is 15.1 Å². The lowest BCUT2D eigenvalue weighted by molar-refractivity contribution is -0.118. The summed E-state index contributed by atoms with van der Waals surface area (Å²) in [5.74, 6) is 0.374. The first-order valence-corrected chi connectivity index (χ1v) is 6.73. The Morgan fingerprint density at radius 2 is 2.24 bits per heavy atom. The summed E-state index contributed by atoms with van der Waals surface area (Å²) in [6.45, 7) is 0. The van der Waals surface area contributed by atoms with Crippen LogP contribution in [0.15, 0.2) is 30.6 Å². The Kier molecular flexibility index (Phi) is 4.82. The highest BCUT2D eigenvalue weighted by atomic mass is 35.5. The van der Waals surface area contributed by atoms with Gasteiger partial charge in [-0.3, -0.25) is 9.48 Å². The van der Waals surface area contributed by atoms with E-state index in [0.29, 0.717) is 16.5 Å². The number of amides is 1. The Bertz CT molecular complexity index is 642. The van der Waals surface area contributed by atoms with Crippen LogP contribution in [0.25, 0.3) is 0 Å². The average molecular weight is 309 g/mol. The zero-order valence-electron chi connectivity index (χ0n) is 12.1. The lowest BCUT2D eigenvalue weighted by atomic mass is 10.1. The number of anilines is 1. The Morgan fingerprint density at radius 1 is 1.48 bits per heavy atom. The quantitative estimate of drug-likeness (QED) is 0.886. The van der Waals surface area contributed by atoms with Gasteiger partial charge in [-0.05, 0) is 25.2 Å². The molecule has 1 aromatic heterocycles. The molecule has 0 saturated heterocycles. The van der Waals surface area contributed by atoms with E-state index in [0.717, 1.165) is 5.56 Å². The fourth-order valence-corrected chi connectivity index (χ4v) is 2.25. The molecular formula is C14H17ClN4O2. The highest BCUT2D eigenvalue weighted by Crippen LogP contribution is 2.27. The molecular weight excluding hydrogens is 292 g/mol. The zero-order valence-corrected chi connectivity index (χ0v) is 12.8. The number of likely N-dealkylation sites (N-methyl/N-ethyl adjacent to an activating group) is 1. The second kappa shape index (κ2) is 6.60. The van der Waals surface area contributed by atoms with Crippen LogP contribution < -0.4 is 15.4 Å². The van der Waals surface area contributed by atoms with Gasteiger partial charge in [0, 0.05) is 24.5 Å². The molecule has 0 fully saturated rings. The summed E-state index contributed by atoms with van der Waals surface area (Å²) in [6, 6.07) is 4.60. The predicted octanol–water partition coefficient (Wildman–Crippen LogP) is 1.98. The van der Waals surface area contributed by atoms with Crippen molar-refractivity contribution in [2.75, 3.05) is 19.5 Å². The van der Waals surface area contributed by atoms with Gasteiger partial charge < -0.3 is 15.4 Å². The van der Waals surface area contributed by atoms with Crippen molar-refractivity contribution in [1.29, 1.82) is 0 Å². The molecule has 2 aromatic rings. The molecule has 0 radical (unpaired) electrons. The van der Waals surface area contributed by atoms with Crippen LogP contribution in [-0.4, -0.2) is 29.8 Å². The van der Waals surface area contributed by atoms with Gasteiger partial charge in [0.2, 0.25) is 5.91 Å². The lowest BCUT2D eigenvalue weighted by Crippen LogP contribution is -2.30. The Morgan fingerprint density at radius 3 is 2.76 bits per heavy atom. The Balaban J connectivity index is 2.14. The molecule has 1 amide bonds. The number of hydrogen-bond acceptors (Lipinski definition) is 4.